The van der Waals surface area contributed by atoms with Crippen molar-refractivity contribution in [1.82, 2.24) is 5.32 Å². The van der Waals surface area contributed by atoms with Crippen molar-refractivity contribution in [2.75, 3.05) is 0 Å². The molecule has 62 heavy (non-hydrogen) atoms. The van der Waals surface area contributed by atoms with E-state index in [1.807, 2.05) is 12.1 Å². The minimum Gasteiger partial charge on any atom is -0.344 e. The summed E-state index contributed by atoms with van der Waals surface area (Å²) in [4.78, 5) is 10.5. The second kappa shape index (κ2) is 13.3. The number of rotatable bonds is 4. The van der Waals surface area contributed by atoms with Crippen LogP contribution in [0.3, 0.4) is 0 Å². The maximum Gasteiger partial charge on any atom is 0.159 e. The molecular formula is C59H39N3. The zero-order valence-corrected chi connectivity index (χ0v) is 33.8. The fourth-order valence-corrected chi connectivity index (χ4v) is 11.5. The zero-order chi connectivity index (χ0) is 40.8. The van der Waals surface area contributed by atoms with Crippen LogP contribution in [0.5, 0.6) is 0 Å². The van der Waals surface area contributed by atoms with Crippen LogP contribution in [-0.2, 0) is 10.8 Å². The molecule has 3 heteroatoms. The van der Waals surface area contributed by atoms with Gasteiger partial charge in [-0.05, 0) is 84.0 Å². The van der Waals surface area contributed by atoms with E-state index in [9.17, 15) is 0 Å². The molecule has 9 aromatic rings. The Morgan fingerprint density at radius 1 is 0.323 bits per heavy atom. The van der Waals surface area contributed by atoms with E-state index in [1.54, 1.807) is 0 Å². The number of hydrogen-bond acceptors (Lipinski definition) is 3. The first-order valence-corrected chi connectivity index (χ1v) is 21.5. The predicted octanol–water partition coefficient (Wildman–Crippen LogP) is 12.9. The lowest BCUT2D eigenvalue weighted by atomic mass is 9.52. The molecule has 0 saturated carbocycles. The molecule has 0 radical (unpaired) electrons. The predicted molar refractivity (Wildman–Crippen MR) is 252 cm³/mol. The molecule has 1 aliphatic heterocycles. The van der Waals surface area contributed by atoms with Crippen LogP contribution >= 0.6 is 0 Å². The Kier molecular flexibility index (Phi) is 7.50. The molecule has 4 aliphatic rings. The van der Waals surface area contributed by atoms with Crippen LogP contribution in [0.4, 0.5) is 0 Å². The van der Waals surface area contributed by atoms with Crippen molar-refractivity contribution in [3.63, 3.8) is 0 Å². The molecule has 1 atom stereocenters. The Bertz CT molecular complexity index is 3250. The lowest BCUT2D eigenvalue weighted by molar-refractivity contribution is 0.633. The van der Waals surface area contributed by atoms with Crippen LogP contribution in [0.2, 0.25) is 0 Å². The maximum atomic E-state index is 5.36. The molecule has 1 unspecified atom stereocenters. The van der Waals surface area contributed by atoms with E-state index in [0.717, 1.165) is 33.7 Å². The highest BCUT2D eigenvalue weighted by Gasteiger charge is 2.59. The minimum atomic E-state index is -0.573. The molecule has 1 heterocycles. The van der Waals surface area contributed by atoms with Gasteiger partial charge < -0.3 is 5.32 Å². The first kappa shape index (κ1) is 34.9. The number of nitrogens with zero attached hydrogens (tertiary/aromatic N) is 2. The van der Waals surface area contributed by atoms with Crippen LogP contribution in [0.25, 0.3) is 33.4 Å². The monoisotopic (exact) mass is 789 g/mol. The van der Waals surface area contributed by atoms with Crippen LogP contribution < -0.4 is 5.32 Å². The summed E-state index contributed by atoms with van der Waals surface area (Å²) in [5, 5.41) is 3.77. The van der Waals surface area contributed by atoms with Crippen molar-refractivity contribution in [3.05, 3.63) is 286 Å². The van der Waals surface area contributed by atoms with E-state index in [0.29, 0.717) is 5.84 Å². The van der Waals surface area contributed by atoms with Gasteiger partial charge in [-0.1, -0.05) is 218 Å². The summed E-state index contributed by atoms with van der Waals surface area (Å²) < 4.78 is 0. The zero-order valence-electron chi connectivity index (χ0n) is 33.8. The van der Waals surface area contributed by atoms with Crippen LogP contribution in [-0.4, -0.2) is 11.7 Å². The van der Waals surface area contributed by atoms with E-state index < -0.39 is 10.8 Å². The van der Waals surface area contributed by atoms with Gasteiger partial charge in [-0.15, -0.1) is 0 Å². The average Bonchev–Trinajstić information content (AvgIpc) is 3.82. The van der Waals surface area contributed by atoms with Crippen LogP contribution in [0.1, 0.15) is 67.4 Å². The van der Waals surface area contributed by atoms with Crippen molar-refractivity contribution in [3.8, 4) is 33.4 Å². The third-order valence-corrected chi connectivity index (χ3v) is 13.9. The van der Waals surface area contributed by atoms with Crippen LogP contribution in [0.15, 0.2) is 234 Å². The van der Waals surface area contributed by atoms with Gasteiger partial charge in [0.25, 0.3) is 0 Å². The average molecular weight is 790 g/mol. The van der Waals surface area contributed by atoms with E-state index in [4.69, 9.17) is 9.98 Å². The number of nitrogens with one attached hydrogen (secondary N) is 1. The van der Waals surface area contributed by atoms with Gasteiger partial charge >= 0.3 is 0 Å². The van der Waals surface area contributed by atoms with Crippen molar-refractivity contribution < 1.29 is 0 Å². The summed E-state index contributed by atoms with van der Waals surface area (Å²) in [6.45, 7) is 0. The highest BCUT2D eigenvalue weighted by atomic mass is 15.2. The molecule has 0 bridgehead atoms. The number of aliphatic imine (C=N–C) groups is 2. The summed E-state index contributed by atoms with van der Waals surface area (Å²) >= 11 is 0. The highest BCUT2D eigenvalue weighted by Crippen LogP contribution is 2.67. The number of amidine groups is 2. The fraction of sp³-hybridized carbons (Fsp3) is 0.0508. The summed E-state index contributed by atoms with van der Waals surface area (Å²) in [5.41, 5.74) is 20.1. The number of hydrogen-bond donors (Lipinski definition) is 1. The second-order valence-corrected chi connectivity index (χ2v) is 16.8. The lowest BCUT2D eigenvalue weighted by Crippen LogP contribution is -2.43. The third-order valence-electron chi connectivity index (χ3n) is 13.9. The van der Waals surface area contributed by atoms with Crippen LogP contribution in [0, 0.1) is 0 Å². The third kappa shape index (κ3) is 4.65. The van der Waals surface area contributed by atoms with E-state index in [2.05, 4.69) is 218 Å². The van der Waals surface area contributed by atoms with Gasteiger partial charge in [0.05, 0.1) is 10.8 Å². The SMILES string of the molecule is c1ccc(C2=NC(c3ccccc3-c3ccc4c(c3)C3(c5ccccc5-c5ccccc53)c3ccccc3C43c4ccccc4-c4ccccc43)NC(c3ccccc3)=N2)cc1. The number of benzene rings is 9. The molecule has 0 aromatic heterocycles. The molecule has 0 saturated heterocycles. The Labute approximate surface area is 361 Å². The van der Waals surface area contributed by atoms with Gasteiger partial charge in [0.2, 0.25) is 0 Å². The molecule has 1 N–H and O–H groups in total. The van der Waals surface area contributed by atoms with Gasteiger partial charge in [-0.3, -0.25) is 0 Å². The number of fused-ring (bicyclic) bond motifs is 16. The molecule has 290 valence electrons. The van der Waals surface area contributed by atoms with Crippen molar-refractivity contribution in [2.45, 2.75) is 17.0 Å². The Balaban J connectivity index is 1.10. The summed E-state index contributed by atoms with van der Waals surface area (Å²) in [6, 6.07) is 82.6. The van der Waals surface area contributed by atoms with Gasteiger partial charge in [0, 0.05) is 16.7 Å². The maximum absolute atomic E-state index is 5.36. The van der Waals surface area contributed by atoms with E-state index >= 15 is 0 Å². The normalized spacial score (nSPS) is 16.5. The molecule has 0 amide bonds. The van der Waals surface area contributed by atoms with Gasteiger partial charge in [0.1, 0.15) is 12.0 Å². The molecule has 3 aliphatic carbocycles. The molecular weight excluding hydrogens is 751 g/mol. The van der Waals surface area contributed by atoms with Crippen molar-refractivity contribution in [2.24, 2.45) is 9.98 Å². The summed E-state index contributed by atoms with van der Waals surface area (Å²) in [5.74, 6) is 1.52. The molecule has 9 aromatic carbocycles. The summed E-state index contributed by atoms with van der Waals surface area (Å²) in [7, 11) is 0. The standard InChI is InChI=1S/C59H39N3/c1-3-19-38(20-4-1)55-60-56(39-21-5-2-6-22-39)62-57(61-55)46-28-8-7-23-41(46)40-35-36-53-54(37-40)59(49-31-15-11-26-44(49)45-27-12-16-32-50(45)59)52-34-18-17-33-51(52)58(53)47-29-13-9-24-42(47)43-25-10-14-30-48(43)58/h1-37,57H,(H,60,61,62). The Morgan fingerprint density at radius 3 is 1.26 bits per heavy atom. The van der Waals surface area contributed by atoms with E-state index in [1.165, 1.54) is 66.8 Å². The summed E-state index contributed by atoms with van der Waals surface area (Å²) in [6.07, 6.45) is -0.382. The molecule has 2 spiro atoms. The van der Waals surface area contributed by atoms with Gasteiger partial charge in [-0.2, -0.15) is 0 Å². The van der Waals surface area contributed by atoms with Gasteiger partial charge in [-0.25, -0.2) is 9.98 Å². The van der Waals surface area contributed by atoms with Crippen molar-refractivity contribution in [1.29, 1.82) is 0 Å². The fourth-order valence-electron chi connectivity index (χ4n) is 11.5. The largest absolute Gasteiger partial charge is 0.344 e. The smallest absolute Gasteiger partial charge is 0.159 e. The second-order valence-electron chi connectivity index (χ2n) is 16.8. The molecule has 13 rings (SSSR count). The quantitative estimate of drug-likeness (QED) is 0.189. The van der Waals surface area contributed by atoms with Gasteiger partial charge in [0.15, 0.2) is 5.84 Å². The first-order valence-electron chi connectivity index (χ1n) is 21.5. The lowest BCUT2D eigenvalue weighted by Gasteiger charge is -2.49. The van der Waals surface area contributed by atoms with E-state index in [-0.39, 0.29) is 6.17 Å². The minimum absolute atomic E-state index is 0.382. The first-order chi connectivity index (χ1) is 30.8. The molecule has 3 nitrogen and oxygen atoms in total. The topological polar surface area (TPSA) is 36.8 Å². The Morgan fingerprint density at radius 2 is 0.726 bits per heavy atom. The Hall–Kier alpha value is -7.88. The molecule has 0 fully saturated rings. The highest BCUT2D eigenvalue weighted by molar-refractivity contribution is 6.13. The van der Waals surface area contributed by atoms with Crippen molar-refractivity contribution >= 4 is 11.7 Å².